The minimum absolute atomic E-state index is 0.237. The Morgan fingerprint density at radius 1 is 1.18 bits per heavy atom. The second-order valence-corrected chi connectivity index (χ2v) is 10.5. The largest absolute Gasteiger partial charge is 0.333 e. The van der Waals surface area contributed by atoms with Gasteiger partial charge < -0.3 is 5.32 Å². The summed E-state index contributed by atoms with van der Waals surface area (Å²) in [4.78, 5) is 16.8. The van der Waals surface area contributed by atoms with Gasteiger partial charge in [0.05, 0.1) is 11.2 Å². The van der Waals surface area contributed by atoms with E-state index in [0.29, 0.717) is 16.8 Å². The van der Waals surface area contributed by atoms with Gasteiger partial charge in [-0.05, 0) is 74.9 Å². The minimum atomic E-state index is -4.17. The number of nitrogens with zero attached hydrogens (tertiary/aromatic N) is 4. The zero-order chi connectivity index (χ0) is 23.8. The molecule has 2 amide bonds. The second-order valence-electron chi connectivity index (χ2n) is 8.85. The fourth-order valence-corrected chi connectivity index (χ4v) is 4.68. The molecule has 0 saturated heterocycles. The molecule has 2 heterocycles. The molecular weight excluding hydrogens is 440 g/mol. The number of carbonyl (C=O) groups excluding carboxylic acids is 1. The third kappa shape index (κ3) is 4.59. The molecule has 0 aliphatic heterocycles. The van der Waals surface area contributed by atoms with Gasteiger partial charge >= 0.3 is 6.03 Å². The topological polar surface area (TPSA) is 130 Å². The highest BCUT2D eigenvalue weighted by Crippen LogP contribution is 2.37. The summed E-state index contributed by atoms with van der Waals surface area (Å²) in [6, 6.07) is 9.74. The average molecular weight is 465 g/mol. The van der Waals surface area contributed by atoms with E-state index in [1.165, 1.54) is 16.9 Å². The molecule has 9 nitrogen and oxygen atoms in total. The Morgan fingerprint density at radius 2 is 1.97 bits per heavy atom. The summed E-state index contributed by atoms with van der Waals surface area (Å²) in [6.07, 6.45) is 5.68. The third-order valence-electron chi connectivity index (χ3n) is 5.46. The van der Waals surface area contributed by atoms with E-state index < -0.39 is 21.6 Å². The van der Waals surface area contributed by atoms with Crippen LogP contribution in [-0.4, -0.2) is 29.2 Å². The molecule has 10 heteroatoms. The summed E-state index contributed by atoms with van der Waals surface area (Å²) in [5.41, 5.74) is 3.86. The van der Waals surface area contributed by atoms with Gasteiger partial charge in [0, 0.05) is 18.0 Å². The van der Waals surface area contributed by atoms with E-state index in [2.05, 4.69) is 20.1 Å². The molecule has 0 spiro atoms. The number of nitriles is 1. The molecule has 0 bridgehead atoms. The molecule has 3 aromatic rings. The summed E-state index contributed by atoms with van der Waals surface area (Å²) in [5, 5.41) is 15.8. The van der Waals surface area contributed by atoms with Gasteiger partial charge in [0.15, 0.2) is 5.03 Å². The number of pyridine rings is 1. The van der Waals surface area contributed by atoms with E-state index in [1.807, 2.05) is 39.0 Å². The summed E-state index contributed by atoms with van der Waals surface area (Å²) >= 11 is 0. The van der Waals surface area contributed by atoms with E-state index in [0.717, 1.165) is 30.4 Å². The van der Waals surface area contributed by atoms with Crippen molar-refractivity contribution in [3.8, 4) is 17.2 Å². The summed E-state index contributed by atoms with van der Waals surface area (Å²) in [7, 11) is -4.17. The molecule has 1 aliphatic rings. The Kier molecular flexibility index (Phi) is 5.68. The number of hydrogen-bond acceptors (Lipinski definition) is 6. The van der Waals surface area contributed by atoms with Crippen LogP contribution in [0.2, 0.25) is 0 Å². The molecule has 0 fully saturated rings. The number of amides is 2. The van der Waals surface area contributed by atoms with Gasteiger partial charge in [-0.25, -0.2) is 14.5 Å². The van der Waals surface area contributed by atoms with Crippen molar-refractivity contribution in [2.24, 2.45) is 0 Å². The summed E-state index contributed by atoms with van der Waals surface area (Å²) in [5.74, 6) is 0. The molecule has 4 rings (SSSR count). The van der Waals surface area contributed by atoms with Crippen LogP contribution in [0.3, 0.4) is 0 Å². The van der Waals surface area contributed by atoms with Crippen molar-refractivity contribution in [2.75, 3.05) is 5.32 Å². The van der Waals surface area contributed by atoms with Crippen LogP contribution in [0.25, 0.3) is 11.1 Å². The molecule has 0 unspecified atom stereocenters. The summed E-state index contributed by atoms with van der Waals surface area (Å²) in [6.45, 7) is 5.68. The zero-order valence-corrected chi connectivity index (χ0v) is 19.4. The first-order valence-electron chi connectivity index (χ1n) is 10.5. The van der Waals surface area contributed by atoms with E-state index in [-0.39, 0.29) is 10.7 Å². The quantitative estimate of drug-likeness (QED) is 0.607. The van der Waals surface area contributed by atoms with Crippen molar-refractivity contribution < 1.29 is 13.2 Å². The van der Waals surface area contributed by atoms with Crippen LogP contribution in [-0.2, 0) is 28.4 Å². The lowest BCUT2D eigenvalue weighted by molar-refractivity contribution is 0.256. The van der Waals surface area contributed by atoms with E-state index >= 15 is 0 Å². The van der Waals surface area contributed by atoms with E-state index in [9.17, 15) is 18.5 Å². The predicted octanol–water partition coefficient (Wildman–Crippen LogP) is 3.57. The molecule has 2 aromatic heterocycles. The van der Waals surface area contributed by atoms with Gasteiger partial charge in [0.2, 0.25) is 0 Å². The number of aryl methyl sites for hydroxylation is 1. The molecule has 33 heavy (non-hydrogen) atoms. The van der Waals surface area contributed by atoms with Gasteiger partial charge in [-0.3, -0.25) is 4.68 Å². The number of benzene rings is 1. The number of rotatable bonds is 4. The Bertz CT molecular complexity index is 1380. The highest BCUT2D eigenvalue weighted by Gasteiger charge is 2.26. The standard InChI is InChI=1S/C23H24N6O3S/c1-23(2,3)29-12-10-20(27-29)33(31,32)28-22(30)26-21-18-6-4-5-15(18)7-8-19(21)16-9-11-25-17(13-16)14-24/h7-13H,4-6H2,1-3H3,(H2,26,28,30). The first-order valence-corrected chi connectivity index (χ1v) is 12.0. The molecule has 1 aromatic carbocycles. The number of hydrogen-bond donors (Lipinski definition) is 2. The zero-order valence-electron chi connectivity index (χ0n) is 18.6. The van der Waals surface area contributed by atoms with E-state index in [4.69, 9.17) is 0 Å². The van der Waals surface area contributed by atoms with Gasteiger partial charge in [-0.2, -0.15) is 18.8 Å². The third-order valence-corrected chi connectivity index (χ3v) is 6.68. The highest BCUT2D eigenvalue weighted by atomic mass is 32.2. The first kappa shape index (κ1) is 22.5. The molecule has 0 atom stereocenters. The number of fused-ring (bicyclic) bond motifs is 1. The van der Waals surface area contributed by atoms with Crippen molar-refractivity contribution in [2.45, 2.75) is 50.6 Å². The highest BCUT2D eigenvalue weighted by molar-refractivity contribution is 7.90. The molecule has 1 aliphatic carbocycles. The molecule has 170 valence electrons. The molecule has 0 saturated carbocycles. The predicted molar refractivity (Wildman–Crippen MR) is 123 cm³/mol. The van der Waals surface area contributed by atoms with Crippen LogP contribution < -0.4 is 10.0 Å². The second kappa shape index (κ2) is 8.33. The Morgan fingerprint density at radius 3 is 2.67 bits per heavy atom. The van der Waals surface area contributed by atoms with E-state index in [1.54, 1.807) is 18.3 Å². The number of sulfonamides is 1. The Labute approximate surface area is 192 Å². The maximum Gasteiger partial charge on any atom is 0.333 e. The van der Waals surface area contributed by atoms with Crippen molar-refractivity contribution in [1.29, 1.82) is 5.26 Å². The van der Waals surface area contributed by atoms with Crippen LogP contribution in [0.1, 0.15) is 44.0 Å². The summed E-state index contributed by atoms with van der Waals surface area (Å²) < 4.78 is 29.1. The number of nitrogens with one attached hydrogen (secondary N) is 2. The average Bonchev–Trinajstić information content (AvgIpc) is 3.43. The van der Waals surface area contributed by atoms with Gasteiger partial charge in [0.1, 0.15) is 11.8 Å². The number of anilines is 1. The van der Waals surface area contributed by atoms with Gasteiger partial charge in [-0.15, -0.1) is 0 Å². The fraction of sp³-hybridized carbons (Fsp3) is 0.304. The Balaban J connectivity index is 1.65. The minimum Gasteiger partial charge on any atom is -0.306 e. The van der Waals surface area contributed by atoms with Crippen molar-refractivity contribution in [3.05, 3.63) is 59.5 Å². The molecule has 2 N–H and O–H groups in total. The maximum absolute atomic E-state index is 12.8. The van der Waals surface area contributed by atoms with Crippen LogP contribution in [0, 0.1) is 11.3 Å². The lowest BCUT2D eigenvalue weighted by Gasteiger charge is -2.19. The normalized spacial score (nSPS) is 13.3. The van der Waals surface area contributed by atoms with Crippen LogP contribution in [0.5, 0.6) is 0 Å². The number of carbonyl (C=O) groups is 1. The molecule has 0 radical (unpaired) electrons. The molecular formula is C23H24N6O3S. The number of urea groups is 1. The SMILES string of the molecule is CC(C)(C)n1ccc(S(=O)(=O)NC(=O)Nc2c(-c3ccnc(C#N)c3)ccc3c2CCC3)n1. The first-order chi connectivity index (χ1) is 15.6. The van der Waals surface area contributed by atoms with Crippen LogP contribution >= 0.6 is 0 Å². The van der Waals surface area contributed by atoms with Crippen molar-refractivity contribution in [1.82, 2.24) is 19.5 Å². The lowest BCUT2D eigenvalue weighted by atomic mass is 9.97. The monoisotopic (exact) mass is 464 g/mol. The van der Waals surface area contributed by atoms with Crippen molar-refractivity contribution >= 4 is 21.7 Å². The van der Waals surface area contributed by atoms with Crippen LogP contribution in [0.4, 0.5) is 10.5 Å². The lowest BCUT2D eigenvalue weighted by Crippen LogP contribution is -2.35. The van der Waals surface area contributed by atoms with Gasteiger partial charge in [0.25, 0.3) is 10.0 Å². The van der Waals surface area contributed by atoms with Gasteiger partial charge in [-0.1, -0.05) is 12.1 Å². The Hall–Kier alpha value is -3.71. The maximum atomic E-state index is 12.8. The van der Waals surface area contributed by atoms with Crippen molar-refractivity contribution in [3.63, 3.8) is 0 Å². The van der Waals surface area contributed by atoms with Crippen LogP contribution in [0.15, 0.2) is 47.8 Å². The number of aromatic nitrogens is 3. The smallest absolute Gasteiger partial charge is 0.306 e. The fourth-order valence-electron chi connectivity index (χ4n) is 3.85.